The molecular formula is C4H6ClNO2. The van der Waals surface area contributed by atoms with Crippen LogP contribution in [0.15, 0.2) is 11.1 Å². The van der Waals surface area contributed by atoms with E-state index in [0.717, 1.165) is 0 Å². The molecule has 0 saturated heterocycles. The topological polar surface area (TPSA) is 63.3 Å². The van der Waals surface area contributed by atoms with Crippen molar-refractivity contribution in [1.29, 1.82) is 0 Å². The molecule has 0 saturated carbocycles. The van der Waals surface area contributed by atoms with E-state index in [1.807, 2.05) is 0 Å². The molecule has 0 radical (unpaired) electrons. The molecular weight excluding hydrogens is 130 g/mol. The van der Waals surface area contributed by atoms with Crippen LogP contribution in [-0.2, 0) is 4.79 Å². The van der Waals surface area contributed by atoms with Gasteiger partial charge in [0.2, 0.25) is 0 Å². The molecule has 0 spiro atoms. The summed E-state index contributed by atoms with van der Waals surface area (Å²) < 4.78 is 0. The average molecular weight is 136 g/mol. The fourth-order valence-electron chi connectivity index (χ4n) is 0.191. The van der Waals surface area contributed by atoms with Crippen LogP contribution in [0.1, 0.15) is 0 Å². The number of nitrogens with two attached hydrogens (primary N) is 1. The summed E-state index contributed by atoms with van der Waals surface area (Å²) in [6.07, 6.45) is 1.23. The Morgan fingerprint density at radius 2 is 2.38 bits per heavy atom. The van der Waals surface area contributed by atoms with Gasteiger partial charge in [0, 0.05) is 6.54 Å². The number of hydrogen-bond donors (Lipinski definition) is 2. The summed E-state index contributed by atoms with van der Waals surface area (Å²) in [7, 11) is 0. The molecule has 8 heavy (non-hydrogen) atoms. The quantitative estimate of drug-likeness (QED) is 0.530. The molecule has 0 aliphatic rings. The van der Waals surface area contributed by atoms with Gasteiger partial charge in [0.25, 0.3) is 0 Å². The first kappa shape index (κ1) is 7.46. The summed E-state index contributed by atoms with van der Waals surface area (Å²) in [5, 5.41) is 7.83. The lowest BCUT2D eigenvalue weighted by Gasteiger charge is -1.84. The third kappa shape index (κ3) is 2.60. The maximum Gasteiger partial charge on any atom is 0.347 e. The molecule has 0 unspecified atom stereocenters. The van der Waals surface area contributed by atoms with Gasteiger partial charge in [0.05, 0.1) is 0 Å². The zero-order valence-electron chi connectivity index (χ0n) is 4.10. The van der Waals surface area contributed by atoms with E-state index in [1.54, 1.807) is 0 Å². The molecule has 3 N–H and O–H groups in total. The van der Waals surface area contributed by atoms with E-state index in [4.69, 9.17) is 22.4 Å². The predicted octanol–water partition coefficient (Wildman–Crippen LogP) is 0.152. The highest BCUT2D eigenvalue weighted by Gasteiger charge is 1.98. The van der Waals surface area contributed by atoms with Gasteiger partial charge in [-0.2, -0.15) is 0 Å². The van der Waals surface area contributed by atoms with Crippen LogP contribution >= 0.6 is 11.6 Å². The fourth-order valence-corrected chi connectivity index (χ4v) is 0.280. The summed E-state index contributed by atoms with van der Waals surface area (Å²) in [5.41, 5.74) is 4.94. The first-order valence-corrected chi connectivity index (χ1v) is 2.35. The molecule has 0 aromatic heterocycles. The average Bonchev–Trinajstić information content (AvgIpc) is 1.67. The van der Waals surface area contributed by atoms with E-state index in [2.05, 4.69) is 0 Å². The molecule has 0 aliphatic heterocycles. The number of carboxylic acid groups (broad SMARTS) is 1. The molecule has 0 fully saturated rings. The van der Waals surface area contributed by atoms with Crippen LogP contribution in [0.25, 0.3) is 0 Å². The van der Waals surface area contributed by atoms with E-state index < -0.39 is 5.97 Å². The lowest BCUT2D eigenvalue weighted by Crippen LogP contribution is -1.99. The molecule has 0 heterocycles. The van der Waals surface area contributed by atoms with Gasteiger partial charge in [-0.15, -0.1) is 0 Å². The van der Waals surface area contributed by atoms with E-state index in [9.17, 15) is 4.79 Å². The summed E-state index contributed by atoms with van der Waals surface area (Å²) in [4.78, 5) is 9.83. The van der Waals surface area contributed by atoms with Gasteiger partial charge < -0.3 is 10.8 Å². The number of carbonyl (C=O) groups is 1. The van der Waals surface area contributed by atoms with Crippen molar-refractivity contribution < 1.29 is 9.90 Å². The second-order valence-electron chi connectivity index (χ2n) is 1.09. The number of hydrogen-bond acceptors (Lipinski definition) is 2. The molecule has 0 aliphatic carbocycles. The number of halogens is 1. The predicted molar refractivity (Wildman–Crippen MR) is 30.6 cm³/mol. The Morgan fingerprint density at radius 3 is 2.50 bits per heavy atom. The van der Waals surface area contributed by atoms with Gasteiger partial charge in [-0.3, -0.25) is 0 Å². The standard InChI is InChI=1S/C4H6ClNO2/c5-3(1-2-6)4(7)8/h1H,2,6H2,(H,7,8)/b3-1+. The van der Waals surface area contributed by atoms with Crippen molar-refractivity contribution >= 4 is 17.6 Å². The van der Waals surface area contributed by atoms with Crippen molar-refractivity contribution in [1.82, 2.24) is 0 Å². The highest BCUT2D eigenvalue weighted by molar-refractivity contribution is 6.40. The zero-order chi connectivity index (χ0) is 6.57. The van der Waals surface area contributed by atoms with Gasteiger partial charge in [0.1, 0.15) is 5.03 Å². The number of aliphatic carboxylic acids is 1. The Kier molecular flexibility index (Phi) is 3.23. The van der Waals surface area contributed by atoms with Gasteiger partial charge in [0.15, 0.2) is 0 Å². The Bertz CT molecular complexity index is 121. The van der Waals surface area contributed by atoms with Crippen molar-refractivity contribution in [2.45, 2.75) is 0 Å². The molecule has 0 atom stereocenters. The maximum absolute atomic E-state index is 9.83. The molecule has 0 amide bonds. The van der Waals surface area contributed by atoms with E-state index in [1.165, 1.54) is 6.08 Å². The molecule has 3 nitrogen and oxygen atoms in total. The highest BCUT2D eigenvalue weighted by atomic mass is 35.5. The summed E-state index contributed by atoms with van der Waals surface area (Å²) in [6.45, 7) is 0.158. The van der Waals surface area contributed by atoms with Crippen LogP contribution < -0.4 is 5.73 Å². The van der Waals surface area contributed by atoms with Crippen LogP contribution in [0.2, 0.25) is 0 Å². The van der Waals surface area contributed by atoms with Crippen LogP contribution in [0.3, 0.4) is 0 Å². The van der Waals surface area contributed by atoms with Crippen molar-refractivity contribution in [3.63, 3.8) is 0 Å². The SMILES string of the molecule is NC/C=C(/Cl)C(=O)O. The van der Waals surface area contributed by atoms with Crippen molar-refractivity contribution in [2.24, 2.45) is 5.73 Å². The molecule has 0 aromatic rings. The minimum absolute atomic E-state index is 0.158. The number of rotatable bonds is 2. The van der Waals surface area contributed by atoms with E-state index in [-0.39, 0.29) is 11.6 Å². The Morgan fingerprint density at radius 1 is 1.88 bits per heavy atom. The molecule has 0 bridgehead atoms. The van der Waals surface area contributed by atoms with Crippen LogP contribution in [0, 0.1) is 0 Å². The molecule has 0 rings (SSSR count). The van der Waals surface area contributed by atoms with Gasteiger partial charge >= 0.3 is 5.97 Å². The second-order valence-corrected chi connectivity index (χ2v) is 1.50. The summed E-state index contributed by atoms with van der Waals surface area (Å²) >= 11 is 5.10. The highest BCUT2D eigenvalue weighted by Crippen LogP contribution is 1.97. The largest absolute Gasteiger partial charge is 0.477 e. The molecule has 4 heteroatoms. The fraction of sp³-hybridized carbons (Fsp3) is 0.250. The summed E-state index contributed by atoms with van der Waals surface area (Å²) in [5.74, 6) is -1.14. The Hall–Kier alpha value is -0.540. The Labute approximate surface area is 51.7 Å². The van der Waals surface area contributed by atoms with E-state index in [0.29, 0.717) is 0 Å². The van der Waals surface area contributed by atoms with Crippen LogP contribution in [0.5, 0.6) is 0 Å². The van der Waals surface area contributed by atoms with Crippen LogP contribution in [0.4, 0.5) is 0 Å². The monoisotopic (exact) mass is 135 g/mol. The Balaban J connectivity index is 3.80. The second kappa shape index (κ2) is 3.46. The van der Waals surface area contributed by atoms with Gasteiger partial charge in [-0.1, -0.05) is 11.6 Å². The van der Waals surface area contributed by atoms with Crippen molar-refractivity contribution in [3.05, 3.63) is 11.1 Å². The third-order valence-corrected chi connectivity index (χ3v) is 0.817. The van der Waals surface area contributed by atoms with Gasteiger partial charge in [-0.25, -0.2) is 4.79 Å². The van der Waals surface area contributed by atoms with E-state index >= 15 is 0 Å². The maximum atomic E-state index is 9.83. The lowest BCUT2D eigenvalue weighted by atomic mass is 10.5. The minimum atomic E-state index is -1.14. The minimum Gasteiger partial charge on any atom is -0.477 e. The number of carboxylic acids is 1. The first-order valence-electron chi connectivity index (χ1n) is 1.97. The molecule has 46 valence electrons. The normalized spacial score (nSPS) is 11.5. The zero-order valence-corrected chi connectivity index (χ0v) is 4.85. The van der Waals surface area contributed by atoms with Crippen molar-refractivity contribution in [2.75, 3.05) is 6.54 Å². The van der Waals surface area contributed by atoms with Gasteiger partial charge in [-0.05, 0) is 6.08 Å². The van der Waals surface area contributed by atoms with Crippen LogP contribution in [-0.4, -0.2) is 17.6 Å². The third-order valence-electron chi connectivity index (χ3n) is 0.501. The first-order chi connectivity index (χ1) is 3.68. The lowest BCUT2D eigenvalue weighted by molar-refractivity contribution is -0.131. The summed E-state index contributed by atoms with van der Waals surface area (Å²) in [6, 6.07) is 0. The smallest absolute Gasteiger partial charge is 0.347 e. The van der Waals surface area contributed by atoms with Crippen molar-refractivity contribution in [3.8, 4) is 0 Å². The molecule has 0 aromatic carbocycles.